The van der Waals surface area contributed by atoms with Crippen LogP contribution in [0.25, 0.3) is 0 Å². The molecule has 0 heterocycles. The van der Waals surface area contributed by atoms with Gasteiger partial charge in [-0.15, -0.1) is 0 Å². The standard InChI is InChI=1S/C14H24N2O2/c1-5-16(6-7-17-4)13-8-12(15)9-14(10-13)18-11(2)3/h8-11H,5-7,15H2,1-4H3. The number of likely N-dealkylation sites (N-methyl/N-ethyl adjacent to an activating group) is 1. The molecule has 0 atom stereocenters. The van der Waals surface area contributed by atoms with Crippen molar-refractivity contribution in [2.45, 2.75) is 26.9 Å². The molecule has 0 bridgehead atoms. The number of ether oxygens (including phenoxy) is 2. The molecule has 0 saturated carbocycles. The van der Waals surface area contributed by atoms with Crippen LogP contribution in [-0.2, 0) is 4.74 Å². The van der Waals surface area contributed by atoms with Crippen LogP contribution in [0.2, 0.25) is 0 Å². The van der Waals surface area contributed by atoms with Crippen LogP contribution in [0, 0.1) is 0 Å². The van der Waals surface area contributed by atoms with Gasteiger partial charge in [-0.2, -0.15) is 0 Å². The minimum atomic E-state index is 0.147. The van der Waals surface area contributed by atoms with E-state index in [2.05, 4.69) is 11.8 Å². The van der Waals surface area contributed by atoms with Crippen molar-refractivity contribution in [3.05, 3.63) is 18.2 Å². The number of nitrogen functional groups attached to an aromatic ring is 1. The molecule has 18 heavy (non-hydrogen) atoms. The maximum Gasteiger partial charge on any atom is 0.123 e. The van der Waals surface area contributed by atoms with Crippen molar-refractivity contribution in [2.24, 2.45) is 0 Å². The van der Waals surface area contributed by atoms with Crippen LogP contribution < -0.4 is 15.4 Å². The zero-order valence-corrected chi connectivity index (χ0v) is 11.8. The van der Waals surface area contributed by atoms with Crippen molar-refractivity contribution in [3.8, 4) is 5.75 Å². The first-order chi connectivity index (χ1) is 8.56. The lowest BCUT2D eigenvalue weighted by atomic mass is 10.2. The van der Waals surface area contributed by atoms with Gasteiger partial charge in [0.1, 0.15) is 5.75 Å². The average molecular weight is 252 g/mol. The van der Waals surface area contributed by atoms with E-state index in [0.29, 0.717) is 6.61 Å². The van der Waals surface area contributed by atoms with Gasteiger partial charge in [-0.3, -0.25) is 0 Å². The molecule has 0 fully saturated rings. The largest absolute Gasteiger partial charge is 0.491 e. The van der Waals surface area contributed by atoms with Gasteiger partial charge in [-0.25, -0.2) is 0 Å². The van der Waals surface area contributed by atoms with E-state index in [1.807, 2.05) is 32.0 Å². The first kappa shape index (κ1) is 14.6. The van der Waals surface area contributed by atoms with Crippen molar-refractivity contribution in [2.75, 3.05) is 37.4 Å². The highest BCUT2D eigenvalue weighted by Gasteiger charge is 2.08. The number of rotatable bonds is 7. The highest BCUT2D eigenvalue weighted by molar-refractivity contribution is 5.60. The fourth-order valence-corrected chi connectivity index (χ4v) is 1.80. The number of anilines is 2. The second-order valence-corrected chi connectivity index (χ2v) is 4.50. The smallest absolute Gasteiger partial charge is 0.123 e. The minimum Gasteiger partial charge on any atom is -0.491 e. The van der Waals surface area contributed by atoms with E-state index in [9.17, 15) is 0 Å². The normalized spacial score (nSPS) is 10.7. The third-order valence-corrected chi connectivity index (χ3v) is 2.60. The SMILES string of the molecule is CCN(CCOC)c1cc(N)cc(OC(C)C)c1. The van der Waals surface area contributed by atoms with Crippen molar-refractivity contribution in [1.29, 1.82) is 0 Å². The predicted octanol–water partition coefficient (Wildman–Crippen LogP) is 2.53. The molecule has 0 aliphatic rings. The Morgan fingerprint density at radius 3 is 2.56 bits per heavy atom. The van der Waals surface area contributed by atoms with E-state index in [1.54, 1.807) is 7.11 Å². The van der Waals surface area contributed by atoms with Crippen LogP contribution in [0.5, 0.6) is 5.75 Å². The molecule has 0 radical (unpaired) electrons. The highest BCUT2D eigenvalue weighted by atomic mass is 16.5. The number of nitrogens with two attached hydrogens (primary N) is 1. The molecule has 0 spiro atoms. The first-order valence-corrected chi connectivity index (χ1v) is 6.38. The van der Waals surface area contributed by atoms with Gasteiger partial charge in [0.2, 0.25) is 0 Å². The molecule has 0 amide bonds. The Hall–Kier alpha value is -1.42. The van der Waals surface area contributed by atoms with E-state index in [4.69, 9.17) is 15.2 Å². The van der Waals surface area contributed by atoms with Crippen molar-refractivity contribution >= 4 is 11.4 Å². The maximum absolute atomic E-state index is 5.92. The molecule has 0 saturated heterocycles. The van der Waals surface area contributed by atoms with Gasteiger partial charge in [0, 0.05) is 43.7 Å². The van der Waals surface area contributed by atoms with E-state index in [-0.39, 0.29) is 6.10 Å². The van der Waals surface area contributed by atoms with Gasteiger partial charge in [-0.05, 0) is 26.8 Å². The molecule has 0 unspecified atom stereocenters. The summed E-state index contributed by atoms with van der Waals surface area (Å²) in [5, 5.41) is 0. The van der Waals surface area contributed by atoms with Crippen LogP contribution in [0.4, 0.5) is 11.4 Å². The Balaban J connectivity index is 2.88. The highest BCUT2D eigenvalue weighted by Crippen LogP contribution is 2.26. The minimum absolute atomic E-state index is 0.147. The molecule has 0 aliphatic carbocycles. The fourth-order valence-electron chi connectivity index (χ4n) is 1.80. The molecule has 4 nitrogen and oxygen atoms in total. The summed E-state index contributed by atoms with van der Waals surface area (Å²) in [7, 11) is 1.71. The molecule has 102 valence electrons. The third-order valence-electron chi connectivity index (χ3n) is 2.60. The van der Waals surface area contributed by atoms with E-state index in [1.165, 1.54) is 0 Å². The van der Waals surface area contributed by atoms with Crippen molar-refractivity contribution in [1.82, 2.24) is 0 Å². The molecule has 2 N–H and O–H groups in total. The molecule has 0 aliphatic heterocycles. The van der Waals surface area contributed by atoms with E-state index >= 15 is 0 Å². The zero-order valence-electron chi connectivity index (χ0n) is 11.8. The summed E-state index contributed by atoms with van der Waals surface area (Å²) in [5.41, 5.74) is 7.71. The van der Waals surface area contributed by atoms with Crippen molar-refractivity contribution in [3.63, 3.8) is 0 Å². The molecule has 1 rings (SSSR count). The second-order valence-electron chi connectivity index (χ2n) is 4.50. The summed E-state index contributed by atoms with van der Waals surface area (Å²) < 4.78 is 10.8. The lowest BCUT2D eigenvalue weighted by Crippen LogP contribution is -2.26. The number of hydrogen-bond donors (Lipinski definition) is 1. The van der Waals surface area contributed by atoms with Crippen LogP contribution >= 0.6 is 0 Å². The van der Waals surface area contributed by atoms with Gasteiger partial charge in [0.05, 0.1) is 12.7 Å². The fraction of sp³-hybridized carbons (Fsp3) is 0.571. The molecule has 1 aromatic rings. The predicted molar refractivity (Wildman–Crippen MR) is 76.4 cm³/mol. The first-order valence-electron chi connectivity index (χ1n) is 6.38. The number of nitrogens with zero attached hydrogens (tertiary/aromatic N) is 1. The van der Waals surface area contributed by atoms with Gasteiger partial charge in [-0.1, -0.05) is 0 Å². The summed E-state index contributed by atoms with van der Waals surface area (Å²) in [4.78, 5) is 2.22. The van der Waals surface area contributed by atoms with Crippen LogP contribution in [0.1, 0.15) is 20.8 Å². The summed E-state index contributed by atoms with van der Waals surface area (Å²) in [6, 6.07) is 5.84. The quantitative estimate of drug-likeness (QED) is 0.758. The van der Waals surface area contributed by atoms with E-state index in [0.717, 1.165) is 30.2 Å². The summed E-state index contributed by atoms with van der Waals surface area (Å²) in [6.07, 6.45) is 0.147. The van der Waals surface area contributed by atoms with Gasteiger partial charge in [0.25, 0.3) is 0 Å². The summed E-state index contributed by atoms with van der Waals surface area (Å²) >= 11 is 0. The molecule has 0 aromatic heterocycles. The lowest BCUT2D eigenvalue weighted by molar-refractivity contribution is 0.205. The summed E-state index contributed by atoms with van der Waals surface area (Å²) in [5.74, 6) is 0.816. The number of benzene rings is 1. The Labute approximate surface area is 110 Å². The lowest BCUT2D eigenvalue weighted by Gasteiger charge is -2.24. The van der Waals surface area contributed by atoms with Crippen LogP contribution in [0.3, 0.4) is 0 Å². The Morgan fingerprint density at radius 1 is 1.28 bits per heavy atom. The topological polar surface area (TPSA) is 47.7 Å². The molecule has 1 aromatic carbocycles. The Bertz CT molecular complexity index is 367. The Morgan fingerprint density at radius 2 is 2.00 bits per heavy atom. The molecular weight excluding hydrogens is 228 g/mol. The monoisotopic (exact) mass is 252 g/mol. The average Bonchev–Trinajstić information content (AvgIpc) is 2.28. The Kier molecular flexibility index (Phi) is 5.78. The van der Waals surface area contributed by atoms with Crippen LogP contribution in [-0.4, -0.2) is 32.9 Å². The summed E-state index contributed by atoms with van der Waals surface area (Å²) in [6.45, 7) is 8.58. The number of methoxy groups -OCH3 is 1. The van der Waals surface area contributed by atoms with Crippen LogP contribution in [0.15, 0.2) is 18.2 Å². The van der Waals surface area contributed by atoms with E-state index < -0.39 is 0 Å². The van der Waals surface area contributed by atoms with Gasteiger partial charge in [0.15, 0.2) is 0 Å². The molecular formula is C14H24N2O2. The van der Waals surface area contributed by atoms with Crippen molar-refractivity contribution < 1.29 is 9.47 Å². The number of hydrogen-bond acceptors (Lipinski definition) is 4. The van der Waals surface area contributed by atoms with Gasteiger partial charge < -0.3 is 20.1 Å². The second kappa shape index (κ2) is 7.11. The molecule has 4 heteroatoms. The maximum atomic E-state index is 5.92. The zero-order chi connectivity index (χ0) is 13.5. The third kappa shape index (κ3) is 4.45. The van der Waals surface area contributed by atoms with Gasteiger partial charge >= 0.3 is 0 Å².